The number of hydrogen-bond donors (Lipinski definition) is 3. The van der Waals surface area contributed by atoms with Crippen LogP contribution in [0.15, 0.2) is 12.1 Å². The van der Waals surface area contributed by atoms with Crippen LogP contribution in [0.2, 0.25) is 5.02 Å². The molecule has 0 radical (unpaired) electrons. The fourth-order valence-corrected chi connectivity index (χ4v) is 1.19. The lowest BCUT2D eigenvalue weighted by atomic mass is 9.79. The molecule has 0 atom stereocenters. The zero-order valence-corrected chi connectivity index (χ0v) is 7.21. The molecule has 0 fully saturated rings. The minimum atomic E-state index is -1.55. The molecule has 1 aromatic rings. The van der Waals surface area contributed by atoms with Crippen LogP contribution in [0.4, 0.5) is 0 Å². The Hall–Kier alpha value is -0.705. The molecule has 0 aliphatic rings. The summed E-state index contributed by atoms with van der Waals surface area (Å²) in [6.07, 6.45) is 0. The van der Waals surface area contributed by atoms with Crippen molar-refractivity contribution in [1.82, 2.24) is 0 Å². The Kier molecular flexibility index (Phi) is 2.62. The zero-order chi connectivity index (χ0) is 9.30. The summed E-state index contributed by atoms with van der Waals surface area (Å²) in [5.74, 6) is -0.0268. The number of benzene rings is 1. The molecular formula is C7H8BClO3. The number of aryl methyl sites for hydroxylation is 1. The van der Waals surface area contributed by atoms with E-state index < -0.39 is 7.12 Å². The first kappa shape index (κ1) is 9.38. The summed E-state index contributed by atoms with van der Waals surface area (Å²) >= 11 is 5.59. The summed E-state index contributed by atoms with van der Waals surface area (Å²) < 4.78 is 0. The van der Waals surface area contributed by atoms with Crippen molar-refractivity contribution in [2.24, 2.45) is 0 Å². The predicted octanol–water partition coefficient (Wildman–Crippen LogP) is 0.0338. The van der Waals surface area contributed by atoms with E-state index in [2.05, 4.69) is 0 Å². The van der Waals surface area contributed by atoms with Crippen molar-refractivity contribution >= 4 is 24.2 Å². The molecule has 5 heteroatoms. The molecule has 0 bridgehead atoms. The van der Waals surface area contributed by atoms with Crippen LogP contribution in [0, 0.1) is 6.92 Å². The van der Waals surface area contributed by atoms with Crippen LogP contribution in [-0.2, 0) is 0 Å². The Morgan fingerprint density at radius 3 is 2.33 bits per heavy atom. The first-order valence-corrected chi connectivity index (χ1v) is 3.75. The second kappa shape index (κ2) is 3.35. The molecule has 0 saturated carbocycles. The van der Waals surface area contributed by atoms with Gasteiger partial charge in [0.05, 0.1) is 5.02 Å². The molecular weight excluding hydrogens is 178 g/mol. The van der Waals surface area contributed by atoms with Crippen LogP contribution >= 0.6 is 11.6 Å². The van der Waals surface area contributed by atoms with Gasteiger partial charge >= 0.3 is 7.12 Å². The van der Waals surface area contributed by atoms with Crippen molar-refractivity contribution in [3.8, 4) is 5.75 Å². The highest BCUT2D eigenvalue weighted by Gasteiger charge is 2.14. The van der Waals surface area contributed by atoms with Crippen LogP contribution < -0.4 is 5.46 Å². The third kappa shape index (κ3) is 1.72. The third-order valence-corrected chi connectivity index (χ3v) is 1.86. The third-order valence-electron chi connectivity index (χ3n) is 1.57. The van der Waals surface area contributed by atoms with Gasteiger partial charge in [-0.05, 0) is 24.0 Å². The van der Waals surface area contributed by atoms with Gasteiger partial charge in [-0.3, -0.25) is 0 Å². The standard InChI is InChI=1S/C7H8BClO3/c1-4-2-5(8(11)12)3-6(9)7(4)10/h2-3,10-12H,1H3. The lowest BCUT2D eigenvalue weighted by molar-refractivity contribution is 0.425. The minimum absolute atomic E-state index is 0.0268. The highest BCUT2D eigenvalue weighted by molar-refractivity contribution is 6.59. The molecule has 1 rings (SSSR count). The topological polar surface area (TPSA) is 60.7 Å². The lowest BCUT2D eigenvalue weighted by Crippen LogP contribution is -2.29. The van der Waals surface area contributed by atoms with Crippen molar-refractivity contribution in [2.45, 2.75) is 6.92 Å². The van der Waals surface area contributed by atoms with Crippen molar-refractivity contribution in [1.29, 1.82) is 0 Å². The average molecular weight is 186 g/mol. The Morgan fingerprint density at radius 1 is 1.33 bits per heavy atom. The molecule has 0 aromatic heterocycles. The smallest absolute Gasteiger partial charge is 0.488 e. The predicted molar refractivity (Wildman–Crippen MR) is 47.7 cm³/mol. The fraction of sp³-hybridized carbons (Fsp3) is 0.143. The normalized spacial score (nSPS) is 10.0. The summed E-state index contributed by atoms with van der Waals surface area (Å²) in [6, 6.07) is 2.78. The van der Waals surface area contributed by atoms with Gasteiger partial charge in [-0.1, -0.05) is 17.7 Å². The Balaban J connectivity index is 3.21. The zero-order valence-electron chi connectivity index (χ0n) is 6.45. The highest BCUT2D eigenvalue weighted by Crippen LogP contribution is 2.24. The van der Waals surface area contributed by atoms with Gasteiger partial charge in [0, 0.05) is 0 Å². The van der Waals surface area contributed by atoms with Crippen LogP contribution in [-0.4, -0.2) is 22.3 Å². The number of hydrogen-bond acceptors (Lipinski definition) is 3. The molecule has 0 aliphatic carbocycles. The summed E-state index contributed by atoms with van der Waals surface area (Å²) in [4.78, 5) is 0. The van der Waals surface area contributed by atoms with Gasteiger partial charge < -0.3 is 15.2 Å². The van der Waals surface area contributed by atoms with Crippen LogP contribution in [0.25, 0.3) is 0 Å². The van der Waals surface area contributed by atoms with E-state index in [0.717, 1.165) is 0 Å². The molecule has 64 valence electrons. The monoisotopic (exact) mass is 186 g/mol. The largest absolute Gasteiger partial charge is 0.506 e. The van der Waals surface area contributed by atoms with Crippen molar-refractivity contribution < 1.29 is 15.2 Å². The molecule has 0 heterocycles. The average Bonchev–Trinajstić information content (AvgIpc) is 1.99. The molecule has 0 unspecified atom stereocenters. The first-order chi connectivity index (χ1) is 5.52. The number of halogens is 1. The van der Waals surface area contributed by atoms with Crippen molar-refractivity contribution in [3.05, 3.63) is 22.7 Å². The Bertz CT molecular complexity index is 278. The van der Waals surface area contributed by atoms with Gasteiger partial charge in [-0.25, -0.2) is 0 Å². The van der Waals surface area contributed by atoms with Crippen molar-refractivity contribution in [3.63, 3.8) is 0 Å². The van der Waals surface area contributed by atoms with E-state index in [-0.39, 0.29) is 16.2 Å². The molecule has 3 nitrogen and oxygen atoms in total. The molecule has 3 N–H and O–H groups in total. The van der Waals surface area contributed by atoms with E-state index in [1.54, 1.807) is 6.92 Å². The van der Waals surface area contributed by atoms with E-state index in [4.69, 9.17) is 21.6 Å². The summed E-state index contributed by atoms with van der Waals surface area (Å²) in [7, 11) is -1.55. The summed E-state index contributed by atoms with van der Waals surface area (Å²) in [5.41, 5.74) is 0.793. The van der Waals surface area contributed by atoms with E-state index in [1.807, 2.05) is 0 Å². The van der Waals surface area contributed by atoms with E-state index in [1.165, 1.54) is 12.1 Å². The maximum atomic E-state index is 9.22. The van der Waals surface area contributed by atoms with Gasteiger partial charge in [-0.2, -0.15) is 0 Å². The lowest BCUT2D eigenvalue weighted by Gasteiger charge is -2.04. The van der Waals surface area contributed by atoms with Crippen LogP contribution in [0.1, 0.15) is 5.56 Å². The van der Waals surface area contributed by atoms with E-state index >= 15 is 0 Å². The summed E-state index contributed by atoms with van der Waals surface area (Å²) in [5, 5.41) is 26.9. The van der Waals surface area contributed by atoms with Gasteiger partial charge in [0.2, 0.25) is 0 Å². The second-order valence-corrected chi connectivity index (χ2v) is 2.95. The van der Waals surface area contributed by atoms with Gasteiger partial charge in [-0.15, -0.1) is 0 Å². The molecule has 0 amide bonds. The van der Waals surface area contributed by atoms with Crippen molar-refractivity contribution in [2.75, 3.05) is 0 Å². The second-order valence-electron chi connectivity index (χ2n) is 2.54. The van der Waals surface area contributed by atoms with Crippen LogP contribution in [0.5, 0.6) is 5.75 Å². The molecule has 1 aromatic carbocycles. The quantitative estimate of drug-likeness (QED) is 0.543. The number of phenolic OH excluding ortho intramolecular Hbond substituents is 1. The van der Waals surface area contributed by atoms with E-state index in [9.17, 15) is 5.11 Å². The SMILES string of the molecule is Cc1cc(B(O)O)cc(Cl)c1O. The number of aromatic hydroxyl groups is 1. The maximum absolute atomic E-state index is 9.22. The number of phenols is 1. The molecule has 0 aliphatic heterocycles. The maximum Gasteiger partial charge on any atom is 0.488 e. The fourth-order valence-electron chi connectivity index (χ4n) is 0.912. The first-order valence-electron chi connectivity index (χ1n) is 3.37. The van der Waals surface area contributed by atoms with Gasteiger partial charge in [0.1, 0.15) is 5.75 Å². The van der Waals surface area contributed by atoms with Crippen LogP contribution in [0.3, 0.4) is 0 Å². The van der Waals surface area contributed by atoms with Gasteiger partial charge in [0.15, 0.2) is 0 Å². The molecule has 12 heavy (non-hydrogen) atoms. The Morgan fingerprint density at radius 2 is 1.92 bits per heavy atom. The van der Waals surface area contributed by atoms with Gasteiger partial charge in [0.25, 0.3) is 0 Å². The summed E-state index contributed by atoms with van der Waals surface area (Å²) in [6.45, 7) is 1.63. The molecule has 0 saturated heterocycles. The Labute approximate surface area is 75.4 Å². The molecule has 0 spiro atoms. The van der Waals surface area contributed by atoms with E-state index in [0.29, 0.717) is 5.56 Å². The minimum Gasteiger partial charge on any atom is -0.506 e. The number of rotatable bonds is 1. The highest BCUT2D eigenvalue weighted by atomic mass is 35.5.